The maximum absolute atomic E-state index is 6.20. The van der Waals surface area contributed by atoms with Gasteiger partial charge in [0.15, 0.2) is 0 Å². The lowest BCUT2D eigenvalue weighted by Gasteiger charge is -2.47. The Kier molecular flexibility index (Phi) is 5.27. The molecule has 2 heterocycles. The molecule has 19 heavy (non-hydrogen) atoms. The SMILES string of the molecule is CCCN1CCC(CN)(N2CCC(C(C)C)C2)CC1. The van der Waals surface area contributed by atoms with Gasteiger partial charge in [-0.2, -0.15) is 0 Å². The van der Waals surface area contributed by atoms with Gasteiger partial charge in [0.05, 0.1) is 0 Å². The highest BCUT2D eigenvalue weighted by Crippen LogP contribution is 2.35. The number of nitrogens with two attached hydrogens (primary N) is 1. The van der Waals surface area contributed by atoms with E-state index < -0.39 is 0 Å². The van der Waals surface area contributed by atoms with Crippen LogP contribution in [0, 0.1) is 11.8 Å². The molecule has 0 spiro atoms. The largest absolute Gasteiger partial charge is 0.329 e. The van der Waals surface area contributed by atoms with Gasteiger partial charge in [0, 0.05) is 18.6 Å². The van der Waals surface area contributed by atoms with Crippen molar-refractivity contribution in [3.8, 4) is 0 Å². The first kappa shape index (κ1) is 15.3. The van der Waals surface area contributed by atoms with Crippen molar-refractivity contribution >= 4 is 0 Å². The van der Waals surface area contributed by atoms with Gasteiger partial charge in [0.2, 0.25) is 0 Å². The Morgan fingerprint density at radius 1 is 1.21 bits per heavy atom. The summed E-state index contributed by atoms with van der Waals surface area (Å²) in [4.78, 5) is 5.35. The highest BCUT2D eigenvalue weighted by atomic mass is 15.3. The van der Waals surface area contributed by atoms with Crippen LogP contribution >= 0.6 is 0 Å². The second-order valence-corrected chi connectivity index (χ2v) is 7.01. The predicted octanol–water partition coefficient (Wildman–Crippen LogP) is 2.17. The molecule has 2 fully saturated rings. The molecule has 0 saturated carbocycles. The first-order valence-corrected chi connectivity index (χ1v) is 8.29. The molecule has 0 aromatic rings. The van der Waals surface area contributed by atoms with E-state index >= 15 is 0 Å². The molecule has 0 amide bonds. The summed E-state index contributed by atoms with van der Waals surface area (Å²) in [6.45, 7) is 14.2. The molecule has 3 heteroatoms. The Hall–Kier alpha value is -0.120. The van der Waals surface area contributed by atoms with Crippen molar-refractivity contribution in [2.75, 3.05) is 39.3 Å². The van der Waals surface area contributed by atoms with Crippen LogP contribution in [0.4, 0.5) is 0 Å². The van der Waals surface area contributed by atoms with Crippen molar-refractivity contribution in [2.24, 2.45) is 17.6 Å². The van der Waals surface area contributed by atoms with E-state index in [-0.39, 0.29) is 0 Å². The van der Waals surface area contributed by atoms with E-state index in [1.165, 1.54) is 58.4 Å². The molecule has 1 atom stereocenters. The van der Waals surface area contributed by atoms with Crippen molar-refractivity contribution in [3.63, 3.8) is 0 Å². The fourth-order valence-corrected chi connectivity index (χ4v) is 3.92. The number of piperidine rings is 1. The molecular weight excluding hydrogens is 234 g/mol. The van der Waals surface area contributed by atoms with E-state index in [0.717, 1.165) is 18.4 Å². The minimum absolute atomic E-state index is 0.313. The smallest absolute Gasteiger partial charge is 0.0356 e. The molecule has 0 aromatic heterocycles. The highest BCUT2D eigenvalue weighted by Gasteiger charge is 2.42. The van der Waals surface area contributed by atoms with Crippen LogP contribution < -0.4 is 5.73 Å². The Balaban J connectivity index is 1.93. The molecule has 2 saturated heterocycles. The van der Waals surface area contributed by atoms with Crippen LogP contribution in [0.3, 0.4) is 0 Å². The van der Waals surface area contributed by atoms with Crippen LogP contribution in [0.1, 0.15) is 46.5 Å². The molecule has 3 nitrogen and oxygen atoms in total. The van der Waals surface area contributed by atoms with Crippen molar-refractivity contribution < 1.29 is 0 Å². The number of nitrogens with zero attached hydrogens (tertiary/aromatic N) is 2. The van der Waals surface area contributed by atoms with E-state index in [1.807, 2.05) is 0 Å². The zero-order valence-electron chi connectivity index (χ0n) is 13.2. The molecule has 2 N–H and O–H groups in total. The minimum atomic E-state index is 0.313. The summed E-state index contributed by atoms with van der Waals surface area (Å²) in [5.41, 5.74) is 6.51. The van der Waals surface area contributed by atoms with Gasteiger partial charge < -0.3 is 10.6 Å². The lowest BCUT2D eigenvalue weighted by atomic mass is 9.85. The van der Waals surface area contributed by atoms with Crippen LogP contribution in [0.15, 0.2) is 0 Å². The van der Waals surface area contributed by atoms with Gasteiger partial charge in [0.25, 0.3) is 0 Å². The first-order valence-electron chi connectivity index (χ1n) is 8.29. The number of likely N-dealkylation sites (tertiary alicyclic amines) is 2. The molecular formula is C16H33N3. The number of hydrogen-bond donors (Lipinski definition) is 1. The predicted molar refractivity (Wildman–Crippen MR) is 82.3 cm³/mol. The van der Waals surface area contributed by atoms with Crippen molar-refractivity contribution in [1.82, 2.24) is 9.80 Å². The second kappa shape index (κ2) is 6.55. The molecule has 112 valence electrons. The fourth-order valence-electron chi connectivity index (χ4n) is 3.92. The van der Waals surface area contributed by atoms with Crippen LogP contribution in [0.2, 0.25) is 0 Å². The van der Waals surface area contributed by atoms with Crippen LogP contribution in [-0.4, -0.2) is 54.6 Å². The van der Waals surface area contributed by atoms with Crippen molar-refractivity contribution in [1.29, 1.82) is 0 Å². The zero-order valence-corrected chi connectivity index (χ0v) is 13.2. The van der Waals surface area contributed by atoms with Crippen LogP contribution in [0.5, 0.6) is 0 Å². The summed E-state index contributed by atoms with van der Waals surface area (Å²) in [5.74, 6) is 1.71. The summed E-state index contributed by atoms with van der Waals surface area (Å²) in [6, 6.07) is 0. The average Bonchev–Trinajstić information content (AvgIpc) is 2.91. The van der Waals surface area contributed by atoms with Gasteiger partial charge in [-0.05, 0) is 63.7 Å². The third kappa shape index (κ3) is 3.32. The molecule has 2 aliphatic heterocycles. The lowest BCUT2D eigenvalue weighted by Crippen LogP contribution is -2.58. The third-order valence-corrected chi connectivity index (χ3v) is 5.54. The summed E-state index contributed by atoms with van der Waals surface area (Å²) in [5, 5.41) is 0. The monoisotopic (exact) mass is 267 g/mol. The molecule has 2 rings (SSSR count). The maximum Gasteiger partial charge on any atom is 0.0356 e. The average molecular weight is 267 g/mol. The van der Waals surface area contributed by atoms with E-state index in [2.05, 4.69) is 30.6 Å². The van der Waals surface area contributed by atoms with Gasteiger partial charge in [0.1, 0.15) is 0 Å². The summed E-state index contributed by atoms with van der Waals surface area (Å²) < 4.78 is 0. The Morgan fingerprint density at radius 3 is 2.37 bits per heavy atom. The van der Waals surface area contributed by atoms with E-state index in [9.17, 15) is 0 Å². The maximum atomic E-state index is 6.20. The summed E-state index contributed by atoms with van der Waals surface area (Å²) >= 11 is 0. The van der Waals surface area contributed by atoms with E-state index in [0.29, 0.717) is 5.54 Å². The molecule has 0 radical (unpaired) electrons. The van der Waals surface area contributed by atoms with Gasteiger partial charge in [-0.1, -0.05) is 20.8 Å². The third-order valence-electron chi connectivity index (χ3n) is 5.54. The van der Waals surface area contributed by atoms with Gasteiger partial charge >= 0.3 is 0 Å². The first-order chi connectivity index (χ1) is 9.11. The highest BCUT2D eigenvalue weighted by molar-refractivity contribution is 4.99. The Morgan fingerprint density at radius 2 is 1.89 bits per heavy atom. The van der Waals surface area contributed by atoms with E-state index in [4.69, 9.17) is 5.73 Å². The van der Waals surface area contributed by atoms with E-state index in [1.54, 1.807) is 0 Å². The fraction of sp³-hybridized carbons (Fsp3) is 1.00. The molecule has 1 unspecified atom stereocenters. The summed E-state index contributed by atoms with van der Waals surface area (Å²) in [6.07, 6.45) is 5.19. The quantitative estimate of drug-likeness (QED) is 0.828. The number of rotatable bonds is 5. The lowest BCUT2D eigenvalue weighted by molar-refractivity contribution is 0.0397. The summed E-state index contributed by atoms with van der Waals surface area (Å²) in [7, 11) is 0. The molecule has 0 bridgehead atoms. The second-order valence-electron chi connectivity index (χ2n) is 7.01. The van der Waals surface area contributed by atoms with Gasteiger partial charge in [-0.3, -0.25) is 4.90 Å². The van der Waals surface area contributed by atoms with Gasteiger partial charge in [-0.15, -0.1) is 0 Å². The molecule has 0 aromatic carbocycles. The molecule has 0 aliphatic carbocycles. The Bertz CT molecular complexity index is 269. The zero-order chi connectivity index (χ0) is 13.9. The van der Waals surface area contributed by atoms with Crippen LogP contribution in [-0.2, 0) is 0 Å². The standard InChI is InChI=1S/C16H33N3/c1-4-8-18-10-6-16(13-17,7-11-18)19-9-5-15(12-19)14(2)3/h14-15H,4-13,17H2,1-3H3. The Labute approximate surface area is 119 Å². The molecule has 2 aliphatic rings. The van der Waals surface area contributed by atoms with Crippen LogP contribution in [0.25, 0.3) is 0 Å². The normalized spacial score (nSPS) is 29.2. The topological polar surface area (TPSA) is 32.5 Å². The minimum Gasteiger partial charge on any atom is -0.329 e. The van der Waals surface area contributed by atoms with Gasteiger partial charge in [-0.25, -0.2) is 0 Å². The van der Waals surface area contributed by atoms with Crippen molar-refractivity contribution in [3.05, 3.63) is 0 Å². The van der Waals surface area contributed by atoms with Crippen molar-refractivity contribution in [2.45, 2.75) is 52.0 Å². The number of hydrogen-bond acceptors (Lipinski definition) is 3.